The van der Waals surface area contributed by atoms with Crippen LogP contribution in [0.1, 0.15) is 44.2 Å². The molecule has 1 aromatic heterocycles. The van der Waals surface area contributed by atoms with Crippen LogP contribution in [0.25, 0.3) is 0 Å². The molecule has 0 bridgehead atoms. The van der Waals surface area contributed by atoms with Crippen LogP contribution in [0.3, 0.4) is 0 Å². The SMILES string of the molecule is CN1CCN(C)CCN(Cc2ccccn2)CC1.[Fe+3].[O-]C1CCCCCCC1[O-]. The summed E-state index contributed by atoms with van der Waals surface area (Å²) in [6.07, 6.45) is 5.67. The van der Waals surface area contributed by atoms with Crippen LogP contribution in [0, 0.1) is 0 Å². The van der Waals surface area contributed by atoms with E-state index in [0.717, 1.165) is 71.5 Å². The molecule has 2 atom stereocenters. The summed E-state index contributed by atoms with van der Waals surface area (Å²) in [6.45, 7) is 7.81. The third-order valence-corrected chi connectivity index (χ3v) is 5.71. The zero-order chi connectivity index (χ0) is 20.2. The summed E-state index contributed by atoms with van der Waals surface area (Å²) in [5.41, 5.74) is 1.17. The van der Waals surface area contributed by atoms with Crippen molar-refractivity contribution < 1.29 is 27.3 Å². The molecule has 3 rings (SSSR count). The van der Waals surface area contributed by atoms with Gasteiger partial charge in [0.05, 0.1) is 5.69 Å². The molecule has 165 valence electrons. The molecular weight excluding hydrogens is 408 g/mol. The van der Waals surface area contributed by atoms with Crippen molar-refractivity contribution in [3.8, 4) is 0 Å². The number of pyridine rings is 1. The van der Waals surface area contributed by atoms with Crippen molar-refractivity contribution in [2.75, 3.05) is 53.4 Å². The number of hydrogen-bond acceptors (Lipinski definition) is 6. The van der Waals surface area contributed by atoms with Crippen LogP contribution in [0.4, 0.5) is 0 Å². The van der Waals surface area contributed by atoms with Crippen LogP contribution in [0.2, 0.25) is 0 Å². The molecule has 29 heavy (non-hydrogen) atoms. The van der Waals surface area contributed by atoms with Crippen molar-refractivity contribution in [3.05, 3.63) is 30.1 Å². The average molecular weight is 446 g/mol. The van der Waals surface area contributed by atoms with E-state index in [2.05, 4.69) is 45.9 Å². The fourth-order valence-electron chi connectivity index (χ4n) is 3.60. The number of nitrogens with zero attached hydrogens (tertiary/aromatic N) is 4. The van der Waals surface area contributed by atoms with E-state index in [-0.39, 0.29) is 17.1 Å². The first-order valence-electron chi connectivity index (χ1n) is 10.9. The molecule has 1 aliphatic carbocycles. The fraction of sp³-hybridized carbons (Fsp3) is 0.773. The monoisotopic (exact) mass is 446 g/mol. The molecule has 2 fully saturated rings. The molecule has 0 spiro atoms. The molecule has 1 aromatic rings. The summed E-state index contributed by atoms with van der Waals surface area (Å²) in [5.74, 6) is 0. The van der Waals surface area contributed by atoms with Crippen molar-refractivity contribution in [3.63, 3.8) is 0 Å². The predicted octanol–water partition coefficient (Wildman–Crippen LogP) is 0.557. The van der Waals surface area contributed by atoms with Crippen molar-refractivity contribution in [2.45, 2.75) is 57.3 Å². The van der Waals surface area contributed by atoms with E-state index in [1.54, 1.807) is 0 Å². The molecule has 2 unspecified atom stereocenters. The van der Waals surface area contributed by atoms with Crippen LogP contribution in [-0.4, -0.2) is 85.3 Å². The number of aromatic nitrogens is 1. The minimum Gasteiger partial charge on any atom is -0.853 e. The number of hydrogen-bond donors (Lipinski definition) is 0. The maximum atomic E-state index is 10.9. The van der Waals surface area contributed by atoms with Gasteiger partial charge >= 0.3 is 17.1 Å². The van der Waals surface area contributed by atoms with Gasteiger partial charge in [-0.05, 0) is 26.2 Å². The predicted molar refractivity (Wildman–Crippen MR) is 110 cm³/mol. The van der Waals surface area contributed by atoms with Crippen LogP contribution in [-0.2, 0) is 23.6 Å². The summed E-state index contributed by atoms with van der Waals surface area (Å²) in [7, 11) is 4.41. The van der Waals surface area contributed by atoms with Crippen molar-refractivity contribution in [2.24, 2.45) is 0 Å². The van der Waals surface area contributed by atoms with Crippen molar-refractivity contribution in [1.82, 2.24) is 19.7 Å². The molecule has 1 saturated heterocycles. The minimum atomic E-state index is -0.819. The Morgan fingerprint density at radius 3 is 1.83 bits per heavy atom. The van der Waals surface area contributed by atoms with Crippen molar-refractivity contribution in [1.29, 1.82) is 0 Å². The topological polar surface area (TPSA) is 68.7 Å². The standard InChI is InChI=1S/C14H24N4.C8H14O2.Fe/c1-16-7-8-17(2)10-12-18(11-9-16)13-14-5-3-4-6-15-14;9-7-5-3-1-2-4-6-8(7)10;/h3-6H,7-13H2,1-2H3;7-8H,1-6H2;/q;-2;+3. The zero-order valence-electron chi connectivity index (χ0n) is 18.1. The van der Waals surface area contributed by atoms with Gasteiger partial charge in [0, 0.05) is 52.0 Å². The Balaban J connectivity index is 0.000000327. The molecule has 2 heterocycles. The van der Waals surface area contributed by atoms with E-state index >= 15 is 0 Å². The van der Waals surface area contributed by atoms with E-state index in [1.807, 2.05) is 12.3 Å². The van der Waals surface area contributed by atoms with Gasteiger partial charge in [0.15, 0.2) is 0 Å². The minimum absolute atomic E-state index is 0. The van der Waals surface area contributed by atoms with E-state index in [9.17, 15) is 10.2 Å². The Hall–Kier alpha value is -0.531. The first kappa shape index (κ1) is 26.5. The molecule has 0 amide bonds. The number of rotatable bonds is 2. The number of likely N-dealkylation sites (N-methyl/N-ethyl adjacent to an activating group) is 2. The Labute approximate surface area is 187 Å². The Morgan fingerprint density at radius 2 is 1.34 bits per heavy atom. The molecule has 2 aliphatic rings. The molecule has 0 N–H and O–H groups in total. The molecule has 6 nitrogen and oxygen atoms in total. The Bertz CT molecular complexity index is 497. The third-order valence-electron chi connectivity index (χ3n) is 5.71. The first-order valence-corrected chi connectivity index (χ1v) is 10.9. The molecular formula is C22H38FeN4O2+. The van der Waals surface area contributed by atoms with Gasteiger partial charge in [-0.15, -0.1) is 12.2 Å². The van der Waals surface area contributed by atoms with Gasteiger partial charge in [-0.1, -0.05) is 44.6 Å². The van der Waals surface area contributed by atoms with E-state index in [0.29, 0.717) is 12.8 Å². The third kappa shape index (κ3) is 11.4. The van der Waals surface area contributed by atoms with E-state index < -0.39 is 12.2 Å². The second-order valence-electron chi connectivity index (χ2n) is 8.27. The summed E-state index contributed by atoms with van der Waals surface area (Å²) in [4.78, 5) is 11.7. The summed E-state index contributed by atoms with van der Waals surface area (Å²) in [6, 6.07) is 6.15. The van der Waals surface area contributed by atoms with Crippen molar-refractivity contribution >= 4 is 0 Å². The second-order valence-corrected chi connectivity index (χ2v) is 8.27. The van der Waals surface area contributed by atoms with Gasteiger partial charge in [-0.25, -0.2) is 0 Å². The van der Waals surface area contributed by atoms with Gasteiger partial charge < -0.3 is 20.0 Å². The maximum absolute atomic E-state index is 10.9. The second kappa shape index (κ2) is 15.3. The van der Waals surface area contributed by atoms with Gasteiger partial charge in [0.1, 0.15) is 0 Å². The van der Waals surface area contributed by atoms with Crippen LogP contribution in [0.15, 0.2) is 24.4 Å². The Kier molecular flexibility index (Phi) is 14.0. The van der Waals surface area contributed by atoms with Gasteiger partial charge in [-0.3, -0.25) is 9.88 Å². The van der Waals surface area contributed by atoms with Gasteiger partial charge in [-0.2, -0.15) is 0 Å². The molecule has 0 aromatic carbocycles. The molecule has 1 radical (unpaired) electrons. The fourth-order valence-corrected chi connectivity index (χ4v) is 3.60. The summed E-state index contributed by atoms with van der Waals surface area (Å²) >= 11 is 0. The average Bonchev–Trinajstić information content (AvgIpc) is 2.77. The quantitative estimate of drug-likeness (QED) is 0.619. The molecule has 1 saturated carbocycles. The van der Waals surface area contributed by atoms with Crippen LogP contribution in [0.5, 0.6) is 0 Å². The summed E-state index contributed by atoms with van der Waals surface area (Å²) < 4.78 is 0. The summed E-state index contributed by atoms with van der Waals surface area (Å²) in [5, 5.41) is 21.9. The van der Waals surface area contributed by atoms with E-state index in [4.69, 9.17) is 0 Å². The maximum Gasteiger partial charge on any atom is 3.00 e. The van der Waals surface area contributed by atoms with Crippen LogP contribution < -0.4 is 10.2 Å². The Morgan fingerprint density at radius 1 is 0.828 bits per heavy atom. The van der Waals surface area contributed by atoms with Gasteiger partial charge in [0.25, 0.3) is 0 Å². The first-order chi connectivity index (χ1) is 13.5. The molecule has 1 aliphatic heterocycles. The molecule has 7 heteroatoms. The van der Waals surface area contributed by atoms with E-state index in [1.165, 1.54) is 5.69 Å². The largest absolute Gasteiger partial charge is 3.00 e. The smallest absolute Gasteiger partial charge is 0.853 e. The normalized spacial score (nSPS) is 25.8. The zero-order valence-corrected chi connectivity index (χ0v) is 19.2. The van der Waals surface area contributed by atoms with Crippen LogP contribution >= 0.6 is 0 Å². The van der Waals surface area contributed by atoms with Gasteiger partial charge in [0.2, 0.25) is 0 Å².